The van der Waals surface area contributed by atoms with Gasteiger partial charge in [0.2, 0.25) is 0 Å². The van der Waals surface area contributed by atoms with Crippen molar-refractivity contribution in [3.8, 4) is 0 Å². The standard InChI is InChI=1S/C21H18N2OS/c1-23-14-17(16-10-5-6-11-18(16)23)21(24)22-20(19-12-7-13-25-19)15-8-3-2-4-9-15/h2-14,20H,1H3,(H,22,24)/t20-/m1/s1. The zero-order valence-electron chi connectivity index (χ0n) is 13.8. The minimum Gasteiger partial charge on any atom is -0.350 e. The smallest absolute Gasteiger partial charge is 0.254 e. The van der Waals surface area contributed by atoms with Gasteiger partial charge >= 0.3 is 0 Å². The van der Waals surface area contributed by atoms with Crippen LogP contribution in [0.1, 0.15) is 26.8 Å². The molecule has 4 aromatic rings. The van der Waals surface area contributed by atoms with Crippen LogP contribution in [0.2, 0.25) is 0 Å². The van der Waals surface area contributed by atoms with E-state index in [9.17, 15) is 4.79 Å². The number of rotatable bonds is 4. The van der Waals surface area contributed by atoms with Crippen LogP contribution < -0.4 is 5.32 Å². The maximum absolute atomic E-state index is 13.0. The molecule has 3 nitrogen and oxygen atoms in total. The average molecular weight is 346 g/mol. The van der Waals surface area contributed by atoms with Crippen LogP contribution in [-0.4, -0.2) is 10.5 Å². The van der Waals surface area contributed by atoms with E-state index in [1.165, 1.54) is 0 Å². The van der Waals surface area contributed by atoms with E-state index in [1.807, 2.05) is 83.9 Å². The van der Waals surface area contributed by atoms with Gasteiger partial charge in [0.05, 0.1) is 11.6 Å². The molecule has 0 saturated heterocycles. The van der Waals surface area contributed by atoms with Gasteiger partial charge in [0.15, 0.2) is 0 Å². The lowest BCUT2D eigenvalue weighted by molar-refractivity contribution is 0.0945. The molecule has 2 aromatic carbocycles. The van der Waals surface area contributed by atoms with Crippen molar-refractivity contribution in [3.05, 3.63) is 94.3 Å². The molecule has 0 bridgehead atoms. The molecule has 1 N–H and O–H groups in total. The number of hydrogen-bond acceptors (Lipinski definition) is 2. The van der Waals surface area contributed by atoms with Crippen molar-refractivity contribution < 1.29 is 4.79 Å². The number of aryl methyl sites for hydroxylation is 1. The molecular weight excluding hydrogens is 328 g/mol. The molecule has 0 saturated carbocycles. The van der Waals surface area contributed by atoms with Crippen LogP contribution in [0.25, 0.3) is 10.9 Å². The number of carbonyl (C=O) groups is 1. The van der Waals surface area contributed by atoms with Crippen LogP contribution in [-0.2, 0) is 7.05 Å². The molecule has 0 aliphatic carbocycles. The minimum atomic E-state index is -0.146. The third-order valence-corrected chi connectivity index (χ3v) is 5.31. The number of fused-ring (bicyclic) bond motifs is 1. The predicted octanol–water partition coefficient (Wildman–Crippen LogP) is 4.76. The van der Waals surface area contributed by atoms with Gasteiger partial charge in [-0.05, 0) is 23.1 Å². The molecule has 2 aromatic heterocycles. The van der Waals surface area contributed by atoms with Crippen LogP contribution in [0.5, 0.6) is 0 Å². The van der Waals surface area contributed by atoms with Crippen molar-refractivity contribution in [2.24, 2.45) is 7.05 Å². The van der Waals surface area contributed by atoms with Gasteiger partial charge in [-0.15, -0.1) is 11.3 Å². The molecule has 2 heterocycles. The summed E-state index contributed by atoms with van der Waals surface area (Å²) in [5.41, 5.74) is 2.84. The number of amides is 1. The van der Waals surface area contributed by atoms with Crippen molar-refractivity contribution in [2.75, 3.05) is 0 Å². The third kappa shape index (κ3) is 2.96. The lowest BCUT2D eigenvalue weighted by atomic mass is 10.0. The maximum atomic E-state index is 13.0. The fourth-order valence-electron chi connectivity index (χ4n) is 3.15. The van der Waals surface area contributed by atoms with Crippen molar-refractivity contribution in [3.63, 3.8) is 0 Å². The normalized spacial score (nSPS) is 12.2. The average Bonchev–Trinajstić information content (AvgIpc) is 3.29. The van der Waals surface area contributed by atoms with Crippen LogP contribution in [0.3, 0.4) is 0 Å². The zero-order valence-corrected chi connectivity index (χ0v) is 14.7. The van der Waals surface area contributed by atoms with Crippen molar-refractivity contribution >= 4 is 28.1 Å². The van der Waals surface area contributed by atoms with Gasteiger partial charge in [-0.2, -0.15) is 0 Å². The Morgan fingerprint density at radius 1 is 1.00 bits per heavy atom. The van der Waals surface area contributed by atoms with E-state index in [2.05, 4.69) is 11.4 Å². The first kappa shape index (κ1) is 15.7. The van der Waals surface area contributed by atoms with E-state index in [-0.39, 0.29) is 11.9 Å². The summed E-state index contributed by atoms with van der Waals surface area (Å²) in [5, 5.41) is 6.23. The molecule has 25 heavy (non-hydrogen) atoms. The second-order valence-corrected chi connectivity index (χ2v) is 6.98. The van der Waals surface area contributed by atoms with E-state index in [4.69, 9.17) is 0 Å². The summed E-state index contributed by atoms with van der Waals surface area (Å²) < 4.78 is 1.99. The Bertz CT molecular complexity index is 1000. The largest absolute Gasteiger partial charge is 0.350 e. The van der Waals surface area contributed by atoms with E-state index in [0.717, 1.165) is 21.3 Å². The monoisotopic (exact) mass is 346 g/mol. The van der Waals surface area contributed by atoms with Gasteiger partial charge < -0.3 is 9.88 Å². The van der Waals surface area contributed by atoms with Crippen LogP contribution in [0.15, 0.2) is 78.3 Å². The summed E-state index contributed by atoms with van der Waals surface area (Å²) in [4.78, 5) is 14.2. The second-order valence-electron chi connectivity index (χ2n) is 6.00. The number of hydrogen-bond donors (Lipinski definition) is 1. The summed E-state index contributed by atoms with van der Waals surface area (Å²) in [6.45, 7) is 0. The highest BCUT2D eigenvalue weighted by atomic mass is 32.1. The Morgan fingerprint density at radius 3 is 2.52 bits per heavy atom. The van der Waals surface area contributed by atoms with Gasteiger partial charge in [0.1, 0.15) is 0 Å². The number of nitrogens with one attached hydrogen (secondary N) is 1. The zero-order chi connectivity index (χ0) is 17.2. The van der Waals surface area contributed by atoms with E-state index >= 15 is 0 Å². The van der Waals surface area contributed by atoms with Crippen LogP contribution in [0.4, 0.5) is 0 Å². The van der Waals surface area contributed by atoms with Gasteiger partial charge in [-0.25, -0.2) is 0 Å². The van der Waals surface area contributed by atoms with Gasteiger partial charge in [0, 0.05) is 29.0 Å². The number of thiophene rings is 1. The van der Waals surface area contributed by atoms with Crippen molar-refractivity contribution in [2.45, 2.75) is 6.04 Å². The first-order valence-electron chi connectivity index (χ1n) is 8.17. The molecule has 0 radical (unpaired) electrons. The van der Waals surface area contributed by atoms with E-state index < -0.39 is 0 Å². The highest BCUT2D eigenvalue weighted by Gasteiger charge is 2.21. The molecule has 4 heteroatoms. The van der Waals surface area contributed by atoms with E-state index in [0.29, 0.717) is 5.56 Å². The molecule has 1 amide bonds. The Morgan fingerprint density at radius 2 is 1.76 bits per heavy atom. The molecule has 1 atom stereocenters. The SMILES string of the molecule is Cn1cc(C(=O)N[C@H](c2ccccc2)c2cccs2)c2ccccc21. The number of nitrogens with zero attached hydrogens (tertiary/aromatic N) is 1. The first-order chi connectivity index (χ1) is 12.2. The number of para-hydroxylation sites is 1. The van der Waals surface area contributed by atoms with Gasteiger partial charge in [-0.3, -0.25) is 4.79 Å². The number of carbonyl (C=O) groups excluding carboxylic acids is 1. The highest BCUT2D eigenvalue weighted by molar-refractivity contribution is 7.10. The topological polar surface area (TPSA) is 34.0 Å². The fourth-order valence-corrected chi connectivity index (χ4v) is 3.95. The lowest BCUT2D eigenvalue weighted by Crippen LogP contribution is -2.28. The van der Waals surface area contributed by atoms with Crippen molar-refractivity contribution in [1.29, 1.82) is 0 Å². The fraction of sp³-hybridized carbons (Fsp3) is 0.0952. The summed E-state index contributed by atoms with van der Waals surface area (Å²) >= 11 is 1.65. The molecule has 124 valence electrons. The van der Waals surface area contributed by atoms with Gasteiger partial charge in [0.25, 0.3) is 5.91 Å². The summed E-state index contributed by atoms with van der Waals surface area (Å²) in [6.07, 6.45) is 1.90. The Balaban J connectivity index is 1.71. The van der Waals surface area contributed by atoms with Crippen LogP contribution in [0, 0.1) is 0 Å². The minimum absolute atomic E-state index is 0.0564. The molecule has 0 fully saturated rings. The highest BCUT2D eigenvalue weighted by Crippen LogP contribution is 2.27. The molecular formula is C21H18N2OS. The maximum Gasteiger partial charge on any atom is 0.254 e. The Hall–Kier alpha value is -2.85. The Labute approximate surface area is 150 Å². The molecule has 4 rings (SSSR count). The molecule has 0 aliphatic rings. The summed E-state index contributed by atoms with van der Waals surface area (Å²) in [6, 6.07) is 22.0. The number of benzene rings is 2. The van der Waals surface area contributed by atoms with Crippen molar-refractivity contribution in [1.82, 2.24) is 9.88 Å². The summed E-state index contributed by atoms with van der Waals surface area (Å²) in [5.74, 6) is -0.0564. The Kier molecular flexibility index (Phi) is 4.12. The molecule has 0 unspecified atom stereocenters. The molecule has 0 aliphatic heterocycles. The molecule has 0 spiro atoms. The summed E-state index contributed by atoms with van der Waals surface area (Å²) in [7, 11) is 1.97. The van der Waals surface area contributed by atoms with Crippen LogP contribution >= 0.6 is 11.3 Å². The second kappa shape index (κ2) is 6.57. The van der Waals surface area contributed by atoms with E-state index in [1.54, 1.807) is 11.3 Å². The van der Waals surface area contributed by atoms with Gasteiger partial charge in [-0.1, -0.05) is 54.6 Å². The number of aromatic nitrogens is 1. The first-order valence-corrected chi connectivity index (χ1v) is 9.05. The predicted molar refractivity (Wildman–Crippen MR) is 103 cm³/mol. The lowest BCUT2D eigenvalue weighted by Gasteiger charge is -2.18. The third-order valence-electron chi connectivity index (χ3n) is 4.38. The quantitative estimate of drug-likeness (QED) is 0.568.